The number of halogens is 1. The molecule has 2 aromatic rings. The van der Waals surface area contributed by atoms with Crippen LogP contribution in [0.2, 0.25) is 5.02 Å². The van der Waals surface area contributed by atoms with E-state index in [-0.39, 0.29) is 0 Å². The van der Waals surface area contributed by atoms with Crippen LogP contribution in [0.4, 0.5) is 4.79 Å². The van der Waals surface area contributed by atoms with Crippen molar-refractivity contribution in [2.24, 2.45) is 5.73 Å². The average molecular weight is 401 g/mol. The normalized spacial score (nSPS) is 11.8. The first-order valence-corrected chi connectivity index (χ1v) is 9.85. The van der Waals surface area contributed by atoms with Gasteiger partial charge in [0.05, 0.1) is 5.02 Å². The molecular formula is C15H17ClN4O3S2. The van der Waals surface area contributed by atoms with Gasteiger partial charge in [0.2, 0.25) is 0 Å². The first-order chi connectivity index (χ1) is 11.9. The first-order valence-electron chi connectivity index (χ1n) is 7.26. The summed E-state index contributed by atoms with van der Waals surface area (Å²) in [6.45, 7) is 0. The minimum Gasteiger partial charge on any atom is -0.352 e. The number of amides is 4. The van der Waals surface area contributed by atoms with Gasteiger partial charge in [-0.05, 0) is 24.5 Å². The lowest BCUT2D eigenvalue weighted by Crippen LogP contribution is -2.53. The number of rotatable bonds is 6. The molecule has 1 atom stereocenters. The van der Waals surface area contributed by atoms with Crippen LogP contribution < -0.4 is 21.9 Å². The molecule has 0 aliphatic carbocycles. The Morgan fingerprint density at radius 1 is 1.28 bits per heavy atom. The molecule has 0 unspecified atom stereocenters. The van der Waals surface area contributed by atoms with Crippen LogP contribution in [0.1, 0.15) is 16.1 Å². The molecule has 0 saturated carbocycles. The molecule has 4 amide bonds. The highest BCUT2D eigenvalue weighted by Gasteiger charge is 2.21. The van der Waals surface area contributed by atoms with Gasteiger partial charge in [0.1, 0.15) is 10.9 Å². The molecule has 5 N–H and O–H groups in total. The van der Waals surface area contributed by atoms with Crippen molar-refractivity contribution in [2.45, 2.75) is 12.5 Å². The lowest BCUT2D eigenvalue weighted by Gasteiger charge is -2.17. The molecule has 7 nitrogen and oxygen atoms in total. The Labute approximate surface area is 157 Å². The Morgan fingerprint density at radius 3 is 2.64 bits per heavy atom. The van der Waals surface area contributed by atoms with Crippen molar-refractivity contribution in [1.29, 1.82) is 0 Å². The smallest absolute Gasteiger partial charge is 0.312 e. The summed E-state index contributed by atoms with van der Waals surface area (Å²) in [5.74, 6) is -0.435. The molecule has 0 saturated heterocycles. The summed E-state index contributed by atoms with van der Waals surface area (Å²) in [5, 5.41) is 3.46. The summed E-state index contributed by atoms with van der Waals surface area (Å²) < 4.78 is 0.872. The van der Waals surface area contributed by atoms with Crippen LogP contribution in [0, 0.1) is 0 Å². The molecule has 0 aliphatic heterocycles. The average Bonchev–Trinajstić information content (AvgIpc) is 2.93. The van der Waals surface area contributed by atoms with Crippen LogP contribution in [0.15, 0.2) is 24.3 Å². The minimum atomic E-state index is -0.830. The van der Waals surface area contributed by atoms with Gasteiger partial charge in [-0.25, -0.2) is 4.79 Å². The quantitative estimate of drug-likeness (QED) is 0.556. The second kappa shape index (κ2) is 8.93. The molecule has 0 aliphatic rings. The van der Waals surface area contributed by atoms with Gasteiger partial charge in [-0.1, -0.05) is 29.8 Å². The van der Waals surface area contributed by atoms with Crippen LogP contribution in [-0.2, 0) is 4.79 Å². The largest absolute Gasteiger partial charge is 0.352 e. The predicted molar refractivity (Wildman–Crippen MR) is 102 cm³/mol. The third kappa shape index (κ3) is 5.00. The molecule has 1 heterocycles. The van der Waals surface area contributed by atoms with Crippen LogP contribution >= 0.6 is 34.7 Å². The van der Waals surface area contributed by atoms with E-state index < -0.39 is 23.9 Å². The number of urea groups is 1. The number of nitrogens with one attached hydrogen (secondary N) is 3. The lowest BCUT2D eigenvalue weighted by atomic mass is 10.2. The zero-order valence-electron chi connectivity index (χ0n) is 13.3. The highest BCUT2D eigenvalue weighted by atomic mass is 35.5. The zero-order valence-corrected chi connectivity index (χ0v) is 15.7. The van der Waals surface area contributed by atoms with E-state index in [1.165, 1.54) is 23.1 Å². The summed E-state index contributed by atoms with van der Waals surface area (Å²) in [6, 6.07) is 5.72. The number of fused-ring (bicyclic) bond motifs is 1. The van der Waals surface area contributed by atoms with Gasteiger partial charge in [-0.2, -0.15) is 11.8 Å². The number of hydrogen-bond donors (Lipinski definition) is 4. The zero-order chi connectivity index (χ0) is 18.4. The molecular weight excluding hydrogens is 384 g/mol. The monoisotopic (exact) mass is 400 g/mol. The molecule has 0 fully saturated rings. The third-order valence-corrected chi connectivity index (χ3v) is 5.60. The van der Waals surface area contributed by atoms with Crippen molar-refractivity contribution in [1.82, 2.24) is 16.2 Å². The minimum absolute atomic E-state index is 0.298. The van der Waals surface area contributed by atoms with Crippen LogP contribution in [0.3, 0.4) is 0 Å². The Bertz CT molecular complexity index is 796. The molecule has 0 bridgehead atoms. The number of thiophene rings is 1. The summed E-state index contributed by atoms with van der Waals surface area (Å²) >= 11 is 8.98. The third-order valence-electron chi connectivity index (χ3n) is 3.28. The number of primary amides is 1. The van der Waals surface area contributed by atoms with E-state index in [0.717, 1.165) is 10.1 Å². The second-order valence-corrected chi connectivity index (χ2v) is 7.44. The van der Waals surface area contributed by atoms with Crippen molar-refractivity contribution in [3.05, 3.63) is 34.2 Å². The van der Waals surface area contributed by atoms with E-state index in [4.69, 9.17) is 17.3 Å². The molecule has 25 heavy (non-hydrogen) atoms. The Balaban J connectivity index is 2.02. The maximum absolute atomic E-state index is 12.3. The van der Waals surface area contributed by atoms with E-state index in [2.05, 4.69) is 16.2 Å². The van der Waals surface area contributed by atoms with Crippen molar-refractivity contribution >= 4 is 62.6 Å². The number of hydrogen-bond acceptors (Lipinski definition) is 5. The van der Waals surface area contributed by atoms with Gasteiger partial charge in [0.25, 0.3) is 11.8 Å². The molecule has 0 spiro atoms. The second-order valence-electron chi connectivity index (χ2n) is 5.03. The molecule has 0 radical (unpaired) electrons. The van der Waals surface area contributed by atoms with E-state index in [0.29, 0.717) is 22.1 Å². The van der Waals surface area contributed by atoms with Crippen LogP contribution in [0.25, 0.3) is 10.1 Å². The van der Waals surface area contributed by atoms with Gasteiger partial charge >= 0.3 is 6.03 Å². The van der Waals surface area contributed by atoms with E-state index >= 15 is 0 Å². The predicted octanol–water partition coefficient (Wildman–Crippen LogP) is 2.11. The van der Waals surface area contributed by atoms with Crippen molar-refractivity contribution in [3.63, 3.8) is 0 Å². The highest BCUT2D eigenvalue weighted by molar-refractivity contribution is 7.98. The number of thioether (sulfide) groups is 1. The Hall–Kier alpha value is -1.97. The van der Waals surface area contributed by atoms with E-state index in [1.807, 2.05) is 30.5 Å². The topological polar surface area (TPSA) is 113 Å². The van der Waals surface area contributed by atoms with Crippen LogP contribution in [0.5, 0.6) is 0 Å². The Kier molecular flexibility index (Phi) is 6.91. The fourth-order valence-corrected chi connectivity index (χ4v) is 3.98. The molecule has 2 rings (SSSR count). The molecule has 10 heteroatoms. The first kappa shape index (κ1) is 19.4. The van der Waals surface area contributed by atoms with Crippen LogP contribution in [-0.4, -0.2) is 35.9 Å². The maximum Gasteiger partial charge on any atom is 0.312 e. The molecule has 134 valence electrons. The molecule has 1 aromatic heterocycles. The SMILES string of the molecule is CSCC[C@@H](NC(N)=O)C(=O)NNC(=O)c1sc2ccccc2c1Cl. The number of hydrazine groups is 1. The lowest BCUT2D eigenvalue weighted by molar-refractivity contribution is -0.123. The summed E-state index contributed by atoms with van der Waals surface area (Å²) in [4.78, 5) is 35.7. The van der Waals surface area contributed by atoms with E-state index in [9.17, 15) is 14.4 Å². The van der Waals surface area contributed by atoms with Gasteiger partial charge in [0, 0.05) is 10.1 Å². The Morgan fingerprint density at radius 2 is 2.00 bits per heavy atom. The fraction of sp³-hybridized carbons (Fsp3) is 0.267. The highest BCUT2D eigenvalue weighted by Crippen LogP contribution is 2.34. The maximum atomic E-state index is 12.3. The van der Waals surface area contributed by atoms with E-state index in [1.54, 1.807) is 0 Å². The van der Waals surface area contributed by atoms with Crippen molar-refractivity contribution in [3.8, 4) is 0 Å². The van der Waals surface area contributed by atoms with Gasteiger partial charge in [-0.3, -0.25) is 20.4 Å². The standard InChI is InChI=1S/C15H17ClN4O3S2/c1-24-7-6-9(18-15(17)23)13(21)19-20-14(22)12-11(16)8-4-2-3-5-10(8)25-12/h2-5,9H,6-7H2,1H3,(H,19,21)(H,20,22)(H3,17,18,23)/t9-/m1/s1. The van der Waals surface area contributed by atoms with Crippen molar-refractivity contribution < 1.29 is 14.4 Å². The number of carbonyl (C=O) groups is 3. The number of nitrogens with two attached hydrogens (primary N) is 1. The summed E-state index contributed by atoms with van der Waals surface area (Å²) in [6.07, 6.45) is 2.26. The summed E-state index contributed by atoms with van der Waals surface area (Å²) in [5.41, 5.74) is 9.69. The molecule has 1 aromatic carbocycles. The number of benzene rings is 1. The van der Waals surface area contributed by atoms with Gasteiger partial charge < -0.3 is 11.1 Å². The van der Waals surface area contributed by atoms with Crippen molar-refractivity contribution in [2.75, 3.05) is 12.0 Å². The fourth-order valence-electron chi connectivity index (χ4n) is 2.10. The van der Waals surface area contributed by atoms with Gasteiger partial charge in [-0.15, -0.1) is 11.3 Å². The van der Waals surface area contributed by atoms with Gasteiger partial charge in [0.15, 0.2) is 0 Å². The number of carbonyl (C=O) groups excluding carboxylic acids is 3. The summed E-state index contributed by atoms with van der Waals surface area (Å²) in [7, 11) is 0.